The molecule has 0 saturated heterocycles. The van der Waals surface area contributed by atoms with Gasteiger partial charge in [0.25, 0.3) is 0 Å². The zero-order valence-corrected chi connectivity index (χ0v) is 21.0. The van der Waals surface area contributed by atoms with Gasteiger partial charge >= 0.3 is 0 Å². The van der Waals surface area contributed by atoms with Crippen LogP contribution in [0, 0.1) is 5.92 Å². The molecular weight excluding hydrogens is 467 g/mol. The predicted octanol–water partition coefficient (Wildman–Crippen LogP) is 5.95. The van der Waals surface area contributed by atoms with Gasteiger partial charge in [0, 0.05) is 29.6 Å². The molecule has 0 unspecified atom stereocenters. The normalized spacial score (nSPS) is 11.8. The molecule has 0 heterocycles. The van der Waals surface area contributed by atoms with Gasteiger partial charge in [0.05, 0.1) is 6.42 Å². The minimum atomic E-state index is -0.656. The van der Waals surface area contributed by atoms with Crippen LogP contribution in [0.1, 0.15) is 30.5 Å². The summed E-state index contributed by atoms with van der Waals surface area (Å²) in [6, 6.07) is 23.7. The molecule has 6 heteroatoms. The Balaban J connectivity index is 1.93. The van der Waals surface area contributed by atoms with Crippen LogP contribution in [-0.2, 0) is 29.0 Å². The summed E-state index contributed by atoms with van der Waals surface area (Å²) < 4.78 is 0. The van der Waals surface area contributed by atoms with Crippen LogP contribution in [0.4, 0.5) is 0 Å². The minimum Gasteiger partial charge on any atom is -0.354 e. The highest BCUT2D eigenvalue weighted by Gasteiger charge is 2.30. The average molecular weight is 497 g/mol. The van der Waals surface area contributed by atoms with Crippen LogP contribution >= 0.6 is 23.2 Å². The lowest BCUT2D eigenvalue weighted by Crippen LogP contribution is -2.51. The molecule has 0 aliphatic rings. The van der Waals surface area contributed by atoms with E-state index in [-0.39, 0.29) is 18.2 Å². The maximum absolute atomic E-state index is 13.6. The van der Waals surface area contributed by atoms with Crippen molar-refractivity contribution in [1.82, 2.24) is 10.2 Å². The summed E-state index contributed by atoms with van der Waals surface area (Å²) in [7, 11) is 0. The van der Waals surface area contributed by atoms with E-state index in [1.54, 1.807) is 29.2 Å². The van der Waals surface area contributed by atoms with Crippen molar-refractivity contribution in [2.75, 3.05) is 6.54 Å². The second-order valence-electron chi connectivity index (χ2n) is 8.80. The molecule has 2 amide bonds. The van der Waals surface area contributed by atoms with Gasteiger partial charge in [-0.1, -0.05) is 91.6 Å². The molecule has 34 heavy (non-hydrogen) atoms. The summed E-state index contributed by atoms with van der Waals surface area (Å²) in [5.41, 5.74) is 2.74. The van der Waals surface area contributed by atoms with Gasteiger partial charge in [0.1, 0.15) is 6.04 Å². The summed E-state index contributed by atoms with van der Waals surface area (Å²) in [4.78, 5) is 28.7. The van der Waals surface area contributed by atoms with Crippen LogP contribution in [0.15, 0.2) is 78.9 Å². The third-order valence-electron chi connectivity index (χ3n) is 5.49. The zero-order valence-electron chi connectivity index (χ0n) is 19.5. The summed E-state index contributed by atoms with van der Waals surface area (Å²) in [5.74, 6) is 0.0182. The lowest BCUT2D eigenvalue weighted by atomic mass is 10.0. The van der Waals surface area contributed by atoms with Crippen molar-refractivity contribution in [3.8, 4) is 0 Å². The summed E-state index contributed by atoms with van der Waals surface area (Å²) >= 11 is 12.1. The topological polar surface area (TPSA) is 49.4 Å². The van der Waals surface area contributed by atoms with Gasteiger partial charge in [-0.15, -0.1) is 0 Å². The van der Waals surface area contributed by atoms with Crippen molar-refractivity contribution in [2.24, 2.45) is 5.92 Å². The number of benzene rings is 3. The zero-order chi connectivity index (χ0) is 24.5. The summed E-state index contributed by atoms with van der Waals surface area (Å²) in [6.07, 6.45) is 0.595. The monoisotopic (exact) mass is 496 g/mol. The van der Waals surface area contributed by atoms with Crippen molar-refractivity contribution < 1.29 is 9.59 Å². The second kappa shape index (κ2) is 12.6. The van der Waals surface area contributed by atoms with Crippen molar-refractivity contribution in [2.45, 2.75) is 39.3 Å². The van der Waals surface area contributed by atoms with E-state index in [1.807, 2.05) is 68.4 Å². The highest BCUT2D eigenvalue weighted by Crippen LogP contribution is 2.19. The Morgan fingerprint density at radius 2 is 1.35 bits per heavy atom. The molecule has 1 N–H and O–H groups in total. The van der Waals surface area contributed by atoms with E-state index in [2.05, 4.69) is 5.32 Å². The predicted molar refractivity (Wildman–Crippen MR) is 139 cm³/mol. The maximum Gasteiger partial charge on any atom is 0.243 e. The Morgan fingerprint density at radius 1 is 0.794 bits per heavy atom. The van der Waals surface area contributed by atoms with Crippen LogP contribution in [0.2, 0.25) is 10.0 Å². The number of hydrogen-bond acceptors (Lipinski definition) is 2. The molecular formula is C28H30Cl2N2O2. The van der Waals surface area contributed by atoms with Crippen molar-refractivity contribution in [3.63, 3.8) is 0 Å². The number of carbonyl (C=O) groups excluding carboxylic acids is 2. The molecule has 0 spiro atoms. The van der Waals surface area contributed by atoms with Crippen LogP contribution in [-0.4, -0.2) is 29.3 Å². The molecule has 0 saturated carbocycles. The fourth-order valence-corrected chi connectivity index (χ4v) is 3.89. The smallest absolute Gasteiger partial charge is 0.243 e. The van der Waals surface area contributed by atoms with Crippen LogP contribution in [0.25, 0.3) is 0 Å². The Labute approximate surface area is 211 Å². The molecule has 178 valence electrons. The van der Waals surface area contributed by atoms with E-state index in [1.165, 1.54) is 0 Å². The molecule has 0 fully saturated rings. The highest BCUT2D eigenvalue weighted by atomic mass is 35.5. The first-order valence-electron chi connectivity index (χ1n) is 11.4. The number of halogens is 2. The van der Waals surface area contributed by atoms with Crippen molar-refractivity contribution in [1.29, 1.82) is 0 Å². The molecule has 3 rings (SSSR count). The Morgan fingerprint density at radius 3 is 1.91 bits per heavy atom. The lowest BCUT2D eigenvalue weighted by molar-refractivity contribution is -0.140. The molecule has 0 radical (unpaired) electrons. The summed E-state index contributed by atoms with van der Waals surface area (Å²) in [6.45, 7) is 4.94. The summed E-state index contributed by atoms with van der Waals surface area (Å²) in [5, 5.41) is 4.27. The number of amides is 2. The number of rotatable bonds is 10. The molecule has 4 nitrogen and oxygen atoms in total. The molecule has 0 aliphatic carbocycles. The first-order chi connectivity index (χ1) is 16.3. The molecule has 0 bridgehead atoms. The molecule has 0 aromatic heterocycles. The van der Waals surface area contributed by atoms with Crippen molar-refractivity contribution in [3.05, 3.63) is 106 Å². The van der Waals surface area contributed by atoms with E-state index < -0.39 is 6.04 Å². The Bertz CT molecular complexity index is 1070. The van der Waals surface area contributed by atoms with Gasteiger partial charge in [-0.3, -0.25) is 9.59 Å². The Kier molecular flexibility index (Phi) is 9.55. The first-order valence-corrected chi connectivity index (χ1v) is 12.2. The third-order valence-corrected chi connectivity index (χ3v) is 5.99. The number of nitrogens with zero attached hydrogens (tertiary/aromatic N) is 1. The second-order valence-corrected chi connectivity index (χ2v) is 9.67. The van der Waals surface area contributed by atoms with Gasteiger partial charge in [0.15, 0.2) is 0 Å². The third kappa shape index (κ3) is 7.89. The van der Waals surface area contributed by atoms with Gasteiger partial charge in [0.2, 0.25) is 11.8 Å². The first kappa shape index (κ1) is 25.8. The van der Waals surface area contributed by atoms with E-state index in [0.717, 1.165) is 16.7 Å². The highest BCUT2D eigenvalue weighted by molar-refractivity contribution is 6.30. The van der Waals surface area contributed by atoms with E-state index in [0.29, 0.717) is 35.5 Å². The quantitative estimate of drug-likeness (QED) is 0.377. The van der Waals surface area contributed by atoms with Gasteiger partial charge < -0.3 is 10.2 Å². The molecule has 0 aliphatic heterocycles. The van der Waals surface area contributed by atoms with E-state index >= 15 is 0 Å². The number of carbonyl (C=O) groups is 2. The van der Waals surface area contributed by atoms with Crippen LogP contribution < -0.4 is 5.32 Å². The fourth-order valence-electron chi connectivity index (χ4n) is 3.64. The van der Waals surface area contributed by atoms with Gasteiger partial charge in [-0.25, -0.2) is 0 Å². The van der Waals surface area contributed by atoms with E-state index in [4.69, 9.17) is 23.2 Å². The molecule has 1 atom stereocenters. The molecule has 3 aromatic rings. The number of nitrogens with one attached hydrogen (secondary N) is 1. The van der Waals surface area contributed by atoms with E-state index in [9.17, 15) is 9.59 Å². The van der Waals surface area contributed by atoms with Crippen LogP contribution in [0.3, 0.4) is 0 Å². The standard InChI is InChI=1S/C28H30Cl2N2O2/c1-20(2)18-31-28(34)26(16-21-6-4-3-5-7-21)32(19-23-10-14-25(30)15-11-23)27(33)17-22-8-12-24(29)13-9-22/h3-15,20,26H,16-19H2,1-2H3,(H,31,34)/t26-/m0/s1. The molecule has 3 aromatic carbocycles. The van der Waals surface area contributed by atoms with Gasteiger partial charge in [-0.2, -0.15) is 0 Å². The lowest BCUT2D eigenvalue weighted by Gasteiger charge is -2.32. The number of hydrogen-bond donors (Lipinski definition) is 1. The average Bonchev–Trinajstić information content (AvgIpc) is 2.83. The SMILES string of the molecule is CC(C)CNC(=O)[C@H](Cc1ccccc1)N(Cc1ccc(Cl)cc1)C(=O)Cc1ccc(Cl)cc1. The van der Waals surface area contributed by atoms with Crippen LogP contribution in [0.5, 0.6) is 0 Å². The van der Waals surface area contributed by atoms with Gasteiger partial charge in [-0.05, 0) is 46.9 Å². The maximum atomic E-state index is 13.6. The van der Waals surface area contributed by atoms with Crippen molar-refractivity contribution >= 4 is 35.0 Å². The fraction of sp³-hybridized carbons (Fsp3) is 0.286. The largest absolute Gasteiger partial charge is 0.354 e. The Hall–Kier alpha value is -2.82. The minimum absolute atomic E-state index is 0.127.